The highest BCUT2D eigenvalue weighted by molar-refractivity contribution is 5.97. The van der Waals surface area contributed by atoms with Gasteiger partial charge in [-0.05, 0) is 60.4 Å². The summed E-state index contributed by atoms with van der Waals surface area (Å²) in [5.41, 5.74) is 3.63. The third kappa shape index (κ3) is 5.39. The van der Waals surface area contributed by atoms with Crippen LogP contribution in [-0.4, -0.2) is 37.0 Å². The minimum Gasteiger partial charge on any atom is -0.497 e. The van der Waals surface area contributed by atoms with Gasteiger partial charge >= 0.3 is 6.03 Å². The molecule has 0 unspecified atom stereocenters. The van der Waals surface area contributed by atoms with E-state index in [0.29, 0.717) is 13.1 Å². The summed E-state index contributed by atoms with van der Waals surface area (Å²) in [5, 5.41) is 3.02. The molecular weight excluding hydrogens is 426 g/mol. The topological polar surface area (TPSA) is 61.9 Å². The fourth-order valence-electron chi connectivity index (χ4n) is 4.33. The second-order valence-corrected chi connectivity index (χ2v) is 8.47. The van der Waals surface area contributed by atoms with Crippen LogP contribution >= 0.6 is 0 Å². The Morgan fingerprint density at radius 2 is 1.68 bits per heavy atom. The average molecular weight is 458 g/mol. The summed E-state index contributed by atoms with van der Waals surface area (Å²) >= 11 is 0. The molecule has 1 atom stereocenters. The van der Waals surface area contributed by atoms with Crippen molar-refractivity contribution in [1.82, 2.24) is 4.90 Å². The molecule has 4 rings (SSSR count). The summed E-state index contributed by atoms with van der Waals surface area (Å²) < 4.78 is 5.22. The summed E-state index contributed by atoms with van der Waals surface area (Å²) in [4.78, 5) is 29.7. The molecule has 176 valence electrons. The molecule has 6 heteroatoms. The zero-order chi connectivity index (χ0) is 23.9. The summed E-state index contributed by atoms with van der Waals surface area (Å²) in [5.74, 6) is 0.578. The van der Waals surface area contributed by atoms with Crippen molar-refractivity contribution >= 4 is 23.3 Å². The van der Waals surface area contributed by atoms with Gasteiger partial charge in [0.1, 0.15) is 5.75 Å². The molecule has 3 aromatic rings. The fraction of sp³-hybridized carbons (Fsp3) is 0.286. The molecule has 1 fully saturated rings. The third-order valence-corrected chi connectivity index (χ3v) is 6.22. The number of rotatable bonds is 8. The van der Waals surface area contributed by atoms with E-state index < -0.39 is 0 Å². The Hall–Kier alpha value is -3.80. The molecule has 1 N–H and O–H groups in total. The molecule has 0 radical (unpaired) electrons. The normalized spacial score (nSPS) is 14.6. The number of benzene rings is 3. The van der Waals surface area contributed by atoms with Gasteiger partial charge in [-0.15, -0.1) is 0 Å². The number of nitrogens with one attached hydrogen (secondary N) is 1. The summed E-state index contributed by atoms with van der Waals surface area (Å²) in [6.07, 6.45) is 1.62. The van der Waals surface area contributed by atoms with Gasteiger partial charge in [0.2, 0.25) is 5.91 Å². The van der Waals surface area contributed by atoms with Crippen molar-refractivity contribution in [3.05, 3.63) is 90.0 Å². The first-order chi connectivity index (χ1) is 16.6. The molecule has 1 heterocycles. The van der Waals surface area contributed by atoms with Crippen molar-refractivity contribution in [3.63, 3.8) is 0 Å². The van der Waals surface area contributed by atoms with E-state index in [4.69, 9.17) is 4.74 Å². The number of hydrogen-bond acceptors (Lipinski definition) is 3. The second kappa shape index (κ2) is 10.9. The molecule has 6 nitrogen and oxygen atoms in total. The first-order valence-electron chi connectivity index (χ1n) is 11.7. The minimum absolute atomic E-state index is 0.00558. The molecule has 1 aliphatic rings. The van der Waals surface area contributed by atoms with Gasteiger partial charge in [-0.2, -0.15) is 0 Å². The quantitative estimate of drug-likeness (QED) is 0.475. The van der Waals surface area contributed by atoms with E-state index in [1.807, 2.05) is 90.7 Å². The van der Waals surface area contributed by atoms with Crippen molar-refractivity contribution in [3.8, 4) is 5.75 Å². The van der Waals surface area contributed by atoms with E-state index in [9.17, 15) is 9.59 Å². The number of methoxy groups -OCH3 is 1. The average Bonchev–Trinajstić information content (AvgIpc) is 2.87. The molecule has 3 aromatic carbocycles. The zero-order valence-corrected chi connectivity index (χ0v) is 19.7. The van der Waals surface area contributed by atoms with Gasteiger partial charge in [0.05, 0.1) is 13.0 Å². The van der Waals surface area contributed by atoms with Gasteiger partial charge < -0.3 is 15.0 Å². The molecule has 0 bridgehead atoms. The van der Waals surface area contributed by atoms with Crippen LogP contribution in [0.4, 0.5) is 16.2 Å². The molecular formula is C28H31N3O3. The van der Waals surface area contributed by atoms with E-state index in [1.165, 1.54) is 0 Å². The Labute approximate surface area is 201 Å². The monoisotopic (exact) mass is 457 g/mol. The predicted octanol–water partition coefficient (Wildman–Crippen LogP) is 5.66. The fourth-order valence-corrected chi connectivity index (χ4v) is 4.33. The van der Waals surface area contributed by atoms with E-state index in [2.05, 4.69) is 5.32 Å². The maximum Gasteiger partial charge on any atom is 0.324 e. The Kier molecular flexibility index (Phi) is 7.48. The van der Waals surface area contributed by atoms with Gasteiger partial charge in [0, 0.05) is 31.0 Å². The summed E-state index contributed by atoms with van der Waals surface area (Å²) in [7, 11) is 1.64. The Morgan fingerprint density at radius 3 is 2.32 bits per heavy atom. The predicted molar refractivity (Wildman–Crippen MR) is 135 cm³/mol. The summed E-state index contributed by atoms with van der Waals surface area (Å²) in [6, 6.07) is 25.1. The van der Waals surface area contributed by atoms with E-state index in [0.717, 1.165) is 47.6 Å². The molecule has 0 aromatic heterocycles. The lowest BCUT2D eigenvalue weighted by Crippen LogP contribution is -2.49. The number of anilines is 2. The largest absolute Gasteiger partial charge is 0.497 e. The van der Waals surface area contributed by atoms with E-state index >= 15 is 0 Å². The van der Waals surface area contributed by atoms with Crippen LogP contribution in [0.2, 0.25) is 0 Å². The van der Waals surface area contributed by atoms with Crippen LogP contribution in [0.3, 0.4) is 0 Å². The first kappa shape index (κ1) is 23.4. The third-order valence-electron chi connectivity index (χ3n) is 6.22. The summed E-state index contributed by atoms with van der Waals surface area (Å²) in [6.45, 7) is 3.98. The molecule has 1 aliphatic heterocycles. The number of carbonyl (C=O) groups excluding carboxylic acids is 2. The molecule has 0 spiro atoms. The lowest BCUT2D eigenvalue weighted by Gasteiger charge is -2.35. The van der Waals surface area contributed by atoms with Gasteiger partial charge in [-0.1, -0.05) is 49.4 Å². The van der Waals surface area contributed by atoms with Crippen LogP contribution in [0, 0.1) is 0 Å². The highest BCUT2D eigenvalue weighted by Crippen LogP contribution is 2.25. The number of urea groups is 1. The zero-order valence-electron chi connectivity index (χ0n) is 19.7. The van der Waals surface area contributed by atoms with Crippen LogP contribution in [0.15, 0.2) is 78.9 Å². The van der Waals surface area contributed by atoms with Crippen molar-refractivity contribution < 1.29 is 14.3 Å². The van der Waals surface area contributed by atoms with Crippen LogP contribution in [0.25, 0.3) is 0 Å². The standard InChI is InChI=1S/C28H31N3O3/c1-3-26(22-8-5-4-6-9-22)27(32)29-23-12-14-24(15-13-23)31-19-7-18-30(28(31)33)20-21-10-16-25(34-2)17-11-21/h4-6,8-17,26H,3,7,18-20H2,1-2H3,(H,29,32)/t26-/m0/s1. The van der Waals surface area contributed by atoms with Crippen molar-refractivity contribution in [2.75, 3.05) is 30.4 Å². The second-order valence-electron chi connectivity index (χ2n) is 8.47. The number of nitrogens with zero attached hydrogens (tertiary/aromatic N) is 2. The number of hydrogen-bond donors (Lipinski definition) is 1. The maximum atomic E-state index is 13.2. The van der Waals surface area contributed by atoms with E-state index in [1.54, 1.807) is 12.0 Å². The SMILES string of the molecule is CC[C@H](C(=O)Nc1ccc(N2CCCN(Cc3ccc(OC)cc3)C2=O)cc1)c1ccccc1. The van der Waals surface area contributed by atoms with Crippen molar-refractivity contribution in [2.45, 2.75) is 32.2 Å². The van der Waals surface area contributed by atoms with Crippen LogP contribution in [-0.2, 0) is 11.3 Å². The van der Waals surface area contributed by atoms with Crippen LogP contribution < -0.4 is 15.0 Å². The molecule has 34 heavy (non-hydrogen) atoms. The molecule has 3 amide bonds. The first-order valence-corrected chi connectivity index (χ1v) is 11.7. The minimum atomic E-state index is -0.198. The molecule has 0 aliphatic carbocycles. The Bertz CT molecular complexity index is 1100. The highest BCUT2D eigenvalue weighted by Gasteiger charge is 2.27. The van der Waals surface area contributed by atoms with Gasteiger partial charge in [-0.3, -0.25) is 9.69 Å². The number of amides is 3. The van der Waals surface area contributed by atoms with Gasteiger partial charge in [-0.25, -0.2) is 4.79 Å². The van der Waals surface area contributed by atoms with Crippen LogP contribution in [0.1, 0.15) is 36.8 Å². The molecule has 0 saturated carbocycles. The van der Waals surface area contributed by atoms with Gasteiger partial charge in [0.25, 0.3) is 0 Å². The van der Waals surface area contributed by atoms with Crippen molar-refractivity contribution in [2.24, 2.45) is 0 Å². The highest BCUT2D eigenvalue weighted by atomic mass is 16.5. The Balaban J connectivity index is 1.40. The van der Waals surface area contributed by atoms with E-state index in [-0.39, 0.29) is 17.9 Å². The Morgan fingerprint density at radius 1 is 0.971 bits per heavy atom. The molecule has 1 saturated heterocycles. The number of ether oxygens (including phenoxy) is 1. The smallest absolute Gasteiger partial charge is 0.324 e. The maximum absolute atomic E-state index is 13.2. The van der Waals surface area contributed by atoms with Gasteiger partial charge in [0.15, 0.2) is 0 Å². The van der Waals surface area contributed by atoms with Crippen molar-refractivity contribution in [1.29, 1.82) is 0 Å². The number of carbonyl (C=O) groups is 2. The lowest BCUT2D eigenvalue weighted by atomic mass is 9.95. The van der Waals surface area contributed by atoms with Crippen LogP contribution in [0.5, 0.6) is 5.75 Å². The lowest BCUT2D eigenvalue weighted by molar-refractivity contribution is -0.117.